The molecular formula is C19H24N4O4S2. The van der Waals surface area contributed by atoms with Crippen molar-refractivity contribution in [3.63, 3.8) is 0 Å². The molecule has 0 N–H and O–H groups in total. The predicted molar refractivity (Wildman–Crippen MR) is 110 cm³/mol. The van der Waals surface area contributed by atoms with E-state index in [1.54, 1.807) is 11.8 Å². The van der Waals surface area contributed by atoms with E-state index in [2.05, 4.69) is 9.88 Å². The number of hydrogen-bond donors (Lipinski definition) is 0. The SMILES string of the molecule is CC(=O)c1cc(C#N)c(SCC(=O)N2CCN(C3CCS(=O)(=O)C3)CC2)nc1C. The summed E-state index contributed by atoms with van der Waals surface area (Å²) in [4.78, 5) is 32.5. The van der Waals surface area contributed by atoms with Crippen molar-refractivity contribution >= 4 is 33.3 Å². The topological polar surface area (TPSA) is 111 Å². The van der Waals surface area contributed by atoms with Crippen LogP contribution in [0.25, 0.3) is 0 Å². The number of amides is 1. The second-order valence-electron chi connectivity index (χ2n) is 7.40. The number of sulfone groups is 1. The highest BCUT2D eigenvalue weighted by Gasteiger charge is 2.34. The normalized spacial score (nSPS) is 21.7. The number of ketones is 1. The van der Waals surface area contributed by atoms with Gasteiger partial charge in [0.15, 0.2) is 15.6 Å². The molecule has 0 radical (unpaired) electrons. The number of carbonyl (C=O) groups is 2. The van der Waals surface area contributed by atoms with Gasteiger partial charge in [0.1, 0.15) is 11.1 Å². The van der Waals surface area contributed by atoms with Crippen LogP contribution in [0.3, 0.4) is 0 Å². The second-order valence-corrected chi connectivity index (χ2v) is 10.6. The Morgan fingerprint density at radius 3 is 2.55 bits per heavy atom. The van der Waals surface area contributed by atoms with E-state index in [4.69, 9.17) is 0 Å². The summed E-state index contributed by atoms with van der Waals surface area (Å²) in [5, 5.41) is 9.80. The summed E-state index contributed by atoms with van der Waals surface area (Å²) in [6, 6.07) is 3.65. The number of nitriles is 1. The fraction of sp³-hybridized carbons (Fsp3) is 0.579. The van der Waals surface area contributed by atoms with Crippen molar-refractivity contribution in [1.29, 1.82) is 5.26 Å². The highest BCUT2D eigenvalue weighted by molar-refractivity contribution is 8.00. The Kier molecular flexibility index (Phi) is 6.61. The van der Waals surface area contributed by atoms with Crippen molar-refractivity contribution in [2.24, 2.45) is 0 Å². The first-order chi connectivity index (χ1) is 13.7. The Labute approximate surface area is 175 Å². The molecule has 0 aliphatic carbocycles. The van der Waals surface area contributed by atoms with E-state index < -0.39 is 9.84 Å². The van der Waals surface area contributed by atoms with Crippen molar-refractivity contribution in [2.45, 2.75) is 31.3 Å². The maximum Gasteiger partial charge on any atom is 0.233 e. The summed E-state index contributed by atoms with van der Waals surface area (Å²) in [6.45, 7) is 5.62. The first-order valence-corrected chi connectivity index (χ1v) is 12.3. The predicted octanol–water partition coefficient (Wildman–Crippen LogP) is 0.888. The number of Topliss-reactive ketones (excluding diaryl/α,β-unsaturated/α-hetero) is 1. The zero-order valence-corrected chi connectivity index (χ0v) is 18.2. The third kappa shape index (κ3) is 5.15. The molecule has 0 spiro atoms. The Hall–Kier alpha value is -1.96. The minimum atomic E-state index is -2.91. The van der Waals surface area contributed by atoms with E-state index in [0.717, 1.165) is 0 Å². The van der Waals surface area contributed by atoms with Crippen LogP contribution in [0.2, 0.25) is 0 Å². The van der Waals surface area contributed by atoms with Crippen LogP contribution in [0, 0.1) is 18.3 Å². The maximum atomic E-state index is 12.6. The van der Waals surface area contributed by atoms with Gasteiger partial charge in [-0.05, 0) is 26.3 Å². The van der Waals surface area contributed by atoms with Gasteiger partial charge in [0.25, 0.3) is 0 Å². The molecule has 2 aliphatic rings. The molecule has 1 unspecified atom stereocenters. The maximum absolute atomic E-state index is 12.6. The van der Waals surface area contributed by atoms with Gasteiger partial charge in [-0.1, -0.05) is 11.8 Å². The van der Waals surface area contributed by atoms with Crippen LogP contribution >= 0.6 is 11.8 Å². The van der Waals surface area contributed by atoms with E-state index in [-0.39, 0.29) is 35.0 Å². The Bertz CT molecular complexity index is 963. The zero-order valence-electron chi connectivity index (χ0n) is 16.5. The molecule has 1 amide bonds. The Morgan fingerprint density at radius 1 is 1.31 bits per heavy atom. The molecule has 3 rings (SSSR count). The molecule has 2 aliphatic heterocycles. The highest BCUT2D eigenvalue weighted by atomic mass is 32.2. The van der Waals surface area contributed by atoms with Gasteiger partial charge in [0.2, 0.25) is 5.91 Å². The lowest BCUT2D eigenvalue weighted by Gasteiger charge is -2.37. The van der Waals surface area contributed by atoms with Gasteiger partial charge in [-0.3, -0.25) is 14.5 Å². The van der Waals surface area contributed by atoms with E-state index in [1.807, 2.05) is 6.07 Å². The largest absolute Gasteiger partial charge is 0.339 e. The van der Waals surface area contributed by atoms with E-state index in [0.29, 0.717) is 54.4 Å². The van der Waals surface area contributed by atoms with Crippen molar-refractivity contribution in [3.05, 3.63) is 22.9 Å². The summed E-state index contributed by atoms with van der Waals surface area (Å²) in [6.07, 6.45) is 0.671. The molecule has 0 bridgehead atoms. The molecular weight excluding hydrogens is 412 g/mol. The molecule has 10 heteroatoms. The van der Waals surface area contributed by atoms with Gasteiger partial charge < -0.3 is 4.90 Å². The van der Waals surface area contributed by atoms with Crippen molar-refractivity contribution in [1.82, 2.24) is 14.8 Å². The number of pyridine rings is 1. The fourth-order valence-corrected chi connectivity index (χ4v) is 6.42. The van der Waals surface area contributed by atoms with Crippen LogP contribution in [0.5, 0.6) is 0 Å². The highest BCUT2D eigenvalue weighted by Crippen LogP contribution is 2.24. The molecule has 1 aromatic heterocycles. The first-order valence-electron chi connectivity index (χ1n) is 9.48. The number of rotatable bonds is 5. The lowest BCUT2D eigenvalue weighted by atomic mass is 10.1. The first kappa shape index (κ1) is 21.7. The summed E-state index contributed by atoms with van der Waals surface area (Å²) in [5.41, 5.74) is 1.26. The molecule has 2 saturated heterocycles. The molecule has 29 heavy (non-hydrogen) atoms. The summed E-state index contributed by atoms with van der Waals surface area (Å²) in [7, 11) is -2.91. The number of thioether (sulfide) groups is 1. The van der Waals surface area contributed by atoms with E-state index >= 15 is 0 Å². The van der Waals surface area contributed by atoms with Crippen LogP contribution in [0.4, 0.5) is 0 Å². The molecule has 3 heterocycles. The minimum Gasteiger partial charge on any atom is -0.339 e. The van der Waals surface area contributed by atoms with Crippen LogP contribution in [0.1, 0.15) is 35.0 Å². The number of carbonyl (C=O) groups excluding carboxylic acids is 2. The standard InChI is InChI=1S/C19H24N4O4S2/c1-13-17(14(2)24)9-15(10-20)19(21-13)28-11-18(25)23-6-4-22(5-7-23)16-3-8-29(26,27)12-16/h9,16H,3-8,11-12H2,1-2H3. The van der Waals surface area contributed by atoms with Gasteiger partial charge in [0.05, 0.1) is 22.8 Å². The number of aromatic nitrogens is 1. The lowest BCUT2D eigenvalue weighted by molar-refractivity contribution is -0.130. The summed E-state index contributed by atoms with van der Waals surface area (Å²) in [5.74, 6) is 0.455. The molecule has 1 atom stereocenters. The minimum absolute atomic E-state index is 0.0346. The molecule has 0 saturated carbocycles. The van der Waals surface area contributed by atoms with Crippen LogP contribution < -0.4 is 0 Å². The average Bonchev–Trinajstić information content (AvgIpc) is 3.05. The smallest absolute Gasteiger partial charge is 0.233 e. The van der Waals surface area contributed by atoms with Crippen molar-refractivity contribution in [2.75, 3.05) is 43.4 Å². The van der Waals surface area contributed by atoms with Crippen LogP contribution in [-0.4, -0.2) is 84.4 Å². The number of nitrogens with zero attached hydrogens (tertiary/aromatic N) is 4. The molecule has 156 valence electrons. The van der Waals surface area contributed by atoms with E-state index in [9.17, 15) is 23.3 Å². The number of hydrogen-bond acceptors (Lipinski definition) is 8. The van der Waals surface area contributed by atoms with Gasteiger partial charge in [-0.15, -0.1) is 0 Å². The van der Waals surface area contributed by atoms with Gasteiger partial charge in [0, 0.05) is 43.5 Å². The summed E-state index contributed by atoms with van der Waals surface area (Å²) < 4.78 is 23.3. The van der Waals surface area contributed by atoms with Crippen LogP contribution in [-0.2, 0) is 14.6 Å². The van der Waals surface area contributed by atoms with Crippen molar-refractivity contribution in [3.8, 4) is 6.07 Å². The summed E-state index contributed by atoms with van der Waals surface area (Å²) >= 11 is 1.20. The average molecular weight is 437 g/mol. The molecule has 2 fully saturated rings. The number of aryl methyl sites for hydroxylation is 1. The van der Waals surface area contributed by atoms with Gasteiger partial charge >= 0.3 is 0 Å². The van der Waals surface area contributed by atoms with Crippen LogP contribution in [0.15, 0.2) is 11.1 Å². The zero-order chi connectivity index (χ0) is 21.2. The molecule has 1 aromatic rings. The van der Waals surface area contributed by atoms with Gasteiger partial charge in [-0.25, -0.2) is 13.4 Å². The Morgan fingerprint density at radius 2 is 2.00 bits per heavy atom. The van der Waals surface area contributed by atoms with Crippen molar-refractivity contribution < 1.29 is 18.0 Å². The second kappa shape index (κ2) is 8.81. The van der Waals surface area contributed by atoms with Gasteiger partial charge in [-0.2, -0.15) is 5.26 Å². The van der Waals surface area contributed by atoms with E-state index in [1.165, 1.54) is 24.8 Å². The Balaban J connectivity index is 1.55. The monoisotopic (exact) mass is 436 g/mol. The fourth-order valence-electron chi connectivity index (χ4n) is 3.75. The quantitative estimate of drug-likeness (QED) is 0.494. The third-order valence-corrected chi connectivity index (χ3v) is 8.13. The molecule has 8 nitrogen and oxygen atoms in total. The molecule has 0 aromatic carbocycles. The third-order valence-electron chi connectivity index (χ3n) is 5.40. The number of piperazine rings is 1. The lowest BCUT2D eigenvalue weighted by Crippen LogP contribution is -2.52.